The number of nitrogens with zero attached hydrogens (tertiary/aromatic N) is 3. The number of aromatic nitrogens is 1. The third-order valence-electron chi connectivity index (χ3n) is 3.96. The first kappa shape index (κ1) is 14.9. The molecule has 2 aliphatic rings. The third kappa shape index (κ3) is 3.09. The average Bonchev–Trinajstić information content (AvgIpc) is 2.48. The van der Waals surface area contributed by atoms with Crippen molar-refractivity contribution >= 4 is 34.9 Å². The van der Waals surface area contributed by atoms with Crippen LogP contribution in [0.2, 0.25) is 5.02 Å². The maximum Gasteiger partial charge on any atom is 0.313 e. The van der Waals surface area contributed by atoms with Crippen LogP contribution in [-0.4, -0.2) is 46.7 Å². The maximum atomic E-state index is 11.2. The van der Waals surface area contributed by atoms with E-state index >= 15 is 0 Å². The quantitative estimate of drug-likeness (QED) is 0.614. The van der Waals surface area contributed by atoms with Crippen molar-refractivity contribution in [3.05, 3.63) is 27.4 Å². The average molecular weight is 330 g/mol. The van der Waals surface area contributed by atoms with E-state index in [0.717, 1.165) is 44.9 Å². The molecule has 6 nitrogen and oxygen atoms in total. The highest BCUT2D eigenvalue weighted by molar-refractivity contribution is 8.00. The van der Waals surface area contributed by atoms with Crippen LogP contribution in [0, 0.1) is 10.1 Å². The second kappa shape index (κ2) is 5.98. The first-order valence-electron chi connectivity index (χ1n) is 6.86. The number of rotatable bonds is 2. The first-order valence-corrected chi connectivity index (χ1v) is 8.23. The van der Waals surface area contributed by atoms with Gasteiger partial charge in [-0.05, 0) is 12.8 Å². The molecule has 0 aliphatic carbocycles. The molecule has 21 heavy (non-hydrogen) atoms. The fraction of sp³-hybridized carbons (Fsp3) is 0.615. The Bertz CT molecular complexity index is 546. The number of nitro groups is 1. The van der Waals surface area contributed by atoms with E-state index in [9.17, 15) is 10.1 Å². The lowest BCUT2D eigenvalue weighted by Crippen LogP contribution is -2.50. The lowest BCUT2D eigenvalue weighted by atomic mass is 9.98. The van der Waals surface area contributed by atoms with Crippen molar-refractivity contribution in [3.63, 3.8) is 0 Å². The zero-order valence-electron chi connectivity index (χ0n) is 11.5. The van der Waals surface area contributed by atoms with Crippen LogP contribution in [0.3, 0.4) is 0 Å². The summed E-state index contributed by atoms with van der Waals surface area (Å²) < 4.78 is 5.57. The molecule has 1 aromatic rings. The number of anilines is 1. The van der Waals surface area contributed by atoms with Crippen LogP contribution in [0.4, 0.5) is 11.5 Å². The van der Waals surface area contributed by atoms with Crippen molar-refractivity contribution in [2.24, 2.45) is 0 Å². The molecule has 0 N–H and O–H groups in total. The smallest absolute Gasteiger partial charge is 0.313 e. The van der Waals surface area contributed by atoms with Gasteiger partial charge in [0.1, 0.15) is 0 Å². The molecular weight excluding hydrogens is 314 g/mol. The Labute approximate surface area is 132 Å². The molecule has 0 saturated carbocycles. The second-order valence-electron chi connectivity index (χ2n) is 5.32. The van der Waals surface area contributed by atoms with Crippen molar-refractivity contribution in [2.75, 3.05) is 37.0 Å². The minimum Gasteiger partial charge on any atom is -0.381 e. The molecule has 3 rings (SSSR count). The number of thioether (sulfide) groups is 1. The number of hydrogen-bond acceptors (Lipinski definition) is 6. The Morgan fingerprint density at radius 2 is 2.24 bits per heavy atom. The fourth-order valence-electron chi connectivity index (χ4n) is 2.87. The Kier molecular flexibility index (Phi) is 4.24. The Morgan fingerprint density at radius 1 is 1.48 bits per heavy atom. The van der Waals surface area contributed by atoms with Gasteiger partial charge in [-0.25, -0.2) is 4.98 Å². The van der Waals surface area contributed by atoms with Crippen LogP contribution in [0.1, 0.15) is 12.8 Å². The lowest BCUT2D eigenvalue weighted by Gasteiger charge is -2.44. The molecule has 0 amide bonds. The Morgan fingerprint density at radius 3 is 2.95 bits per heavy atom. The number of pyridine rings is 1. The summed E-state index contributed by atoms with van der Waals surface area (Å²) in [5.74, 6) is 1.37. The van der Waals surface area contributed by atoms with Gasteiger partial charge >= 0.3 is 5.69 Å². The van der Waals surface area contributed by atoms with Crippen molar-refractivity contribution < 1.29 is 9.66 Å². The summed E-state index contributed by atoms with van der Waals surface area (Å²) in [5, 5.41) is 11.5. The second-order valence-corrected chi connectivity index (χ2v) is 7.32. The van der Waals surface area contributed by atoms with Gasteiger partial charge in [-0.1, -0.05) is 11.6 Å². The van der Waals surface area contributed by atoms with Crippen LogP contribution in [-0.2, 0) is 4.74 Å². The summed E-state index contributed by atoms with van der Waals surface area (Å²) in [6, 6.07) is 1.38. The molecule has 0 aromatic carbocycles. The van der Waals surface area contributed by atoms with Gasteiger partial charge < -0.3 is 9.64 Å². The topological polar surface area (TPSA) is 68.5 Å². The van der Waals surface area contributed by atoms with Crippen LogP contribution in [0.5, 0.6) is 0 Å². The van der Waals surface area contributed by atoms with Gasteiger partial charge in [0, 0.05) is 49.1 Å². The molecule has 114 valence electrons. The molecule has 1 spiro atoms. The van der Waals surface area contributed by atoms with E-state index in [-0.39, 0.29) is 15.5 Å². The van der Waals surface area contributed by atoms with Crippen molar-refractivity contribution in [1.29, 1.82) is 0 Å². The van der Waals surface area contributed by atoms with E-state index < -0.39 is 4.92 Å². The van der Waals surface area contributed by atoms with E-state index in [0.29, 0.717) is 5.82 Å². The largest absolute Gasteiger partial charge is 0.381 e. The van der Waals surface area contributed by atoms with Crippen molar-refractivity contribution in [2.45, 2.75) is 17.6 Å². The van der Waals surface area contributed by atoms with Crippen molar-refractivity contribution in [1.82, 2.24) is 4.98 Å². The summed E-state index contributed by atoms with van der Waals surface area (Å²) >= 11 is 7.79. The molecule has 2 fully saturated rings. The van der Waals surface area contributed by atoms with Gasteiger partial charge in [0.05, 0.1) is 9.95 Å². The summed E-state index contributed by atoms with van der Waals surface area (Å²) in [4.78, 5) is 17.1. The highest BCUT2D eigenvalue weighted by Gasteiger charge is 2.39. The van der Waals surface area contributed by atoms with Crippen LogP contribution in [0.15, 0.2) is 12.3 Å². The van der Waals surface area contributed by atoms with Crippen LogP contribution < -0.4 is 4.90 Å². The fourth-order valence-corrected chi connectivity index (χ4v) is 4.47. The predicted octanol–water partition coefficient (Wildman–Crippen LogP) is 2.75. The Hall–Kier alpha value is -1.05. The molecular formula is C13H16ClN3O3S. The molecule has 0 radical (unpaired) electrons. The minimum absolute atomic E-state index is 0.0170. The highest BCUT2D eigenvalue weighted by Crippen LogP contribution is 2.41. The van der Waals surface area contributed by atoms with E-state index in [2.05, 4.69) is 4.98 Å². The van der Waals surface area contributed by atoms with Gasteiger partial charge in [0.2, 0.25) is 5.82 Å². The van der Waals surface area contributed by atoms with Gasteiger partial charge in [-0.15, -0.1) is 0 Å². The molecule has 0 bridgehead atoms. The van der Waals surface area contributed by atoms with Gasteiger partial charge in [-0.2, -0.15) is 11.8 Å². The third-order valence-corrected chi connectivity index (χ3v) is 5.71. The molecule has 8 heteroatoms. The molecule has 2 aliphatic heterocycles. The predicted molar refractivity (Wildman–Crippen MR) is 83.4 cm³/mol. The van der Waals surface area contributed by atoms with E-state index in [1.165, 1.54) is 12.3 Å². The van der Waals surface area contributed by atoms with Gasteiger partial charge in [0.15, 0.2) is 0 Å². The molecule has 0 atom stereocenters. The normalized spacial score (nSPS) is 21.5. The molecule has 0 unspecified atom stereocenters. The van der Waals surface area contributed by atoms with E-state index in [1.807, 2.05) is 16.7 Å². The zero-order chi connectivity index (χ0) is 14.9. The van der Waals surface area contributed by atoms with E-state index in [4.69, 9.17) is 16.3 Å². The number of ether oxygens (including phenoxy) is 1. The monoisotopic (exact) mass is 329 g/mol. The van der Waals surface area contributed by atoms with Gasteiger partial charge in [-0.3, -0.25) is 10.1 Å². The summed E-state index contributed by atoms with van der Waals surface area (Å²) in [7, 11) is 0. The molecule has 3 heterocycles. The Balaban J connectivity index is 1.88. The maximum absolute atomic E-state index is 11.2. The number of halogens is 1. The molecule has 1 aromatic heterocycles. The van der Waals surface area contributed by atoms with Crippen molar-refractivity contribution in [3.8, 4) is 0 Å². The molecule has 2 saturated heterocycles. The van der Waals surface area contributed by atoms with Crippen LogP contribution in [0.25, 0.3) is 0 Å². The first-order chi connectivity index (χ1) is 10.1. The summed E-state index contributed by atoms with van der Waals surface area (Å²) in [6.07, 6.45) is 3.44. The highest BCUT2D eigenvalue weighted by atomic mass is 35.5. The minimum atomic E-state index is -0.410. The SMILES string of the molecule is O=[N+]([O-])c1cc(Cl)cnc1N1CCSC2(CCOCC2)C1. The standard InChI is InChI=1S/C13H16ClN3O3S/c14-10-7-11(17(18)19)12(15-8-10)16-3-6-21-13(9-16)1-4-20-5-2-13/h7-8H,1-6,9H2. The lowest BCUT2D eigenvalue weighted by molar-refractivity contribution is -0.384. The van der Waals surface area contributed by atoms with Crippen LogP contribution >= 0.6 is 23.4 Å². The summed E-state index contributed by atoms with van der Waals surface area (Å²) in [6.45, 7) is 3.06. The number of hydrogen-bond donors (Lipinski definition) is 0. The van der Waals surface area contributed by atoms with Gasteiger partial charge in [0.25, 0.3) is 0 Å². The van der Waals surface area contributed by atoms with E-state index in [1.54, 1.807) is 0 Å². The zero-order valence-corrected chi connectivity index (χ0v) is 13.0. The summed E-state index contributed by atoms with van der Waals surface area (Å²) in [5.41, 5.74) is -0.0170.